The molecule has 0 fully saturated rings. The molecule has 0 saturated heterocycles. The number of carbonyl (C=O) groups is 1. The fourth-order valence-electron chi connectivity index (χ4n) is 3.69. The topological polar surface area (TPSA) is 56.8 Å². The van der Waals surface area contributed by atoms with Crippen LogP contribution in [0.4, 0.5) is 4.79 Å². The number of methoxy groups -OCH3 is 1. The molecule has 5 heteroatoms. The summed E-state index contributed by atoms with van der Waals surface area (Å²) in [5.41, 5.74) is 1.82. The summed E-state index contributed by atoms with van der Waals surface area (Å²) < 4.78 is 17.1. The van der Waals surface area contributed by atoms with Crippen molar-refractivity contribution in [2.45, 2.75) is 84.3 Å². The summed E-state index contributed by atoms with van der Waals surface area (Å²) in [6.45, 7) is 8.41. The molecule has 0 bridgehead atoms. The van der Waals surface area contributed by atoms with Crippen LogP contribution in [0.5, 0.6) is 11.5 Å². The normalized spacial score (nSPS) is 12.2. The van der Waals surface area contributed by atoms with Crippen LogP contribution in [0.3, 0.4) is 0 Å². The van der Waals surface area contributed by atoms with Gasteiger partial charge in [0, 0.05) is 12.5 Å². The third-order valence-electron chi connectivity index (χ3n) is 5.33. The Morgan fingerprint density at radius 3 is 2.39 bits per heavy atom. The van der Waals surface area contributed by atoms with Crippen molar-refractivity contribution in [1.29, 1.82) is 0 Å². The van der Waals surface area contributed by atoms with Gasteiger partial charge in [-0.2, -0.15) is 0 Å². The van der Waals surface area contributed by atoms with Crippen LogP contribution in [0.15, 0.2) is 48.5 Å². The zero-order chi connectivity index (χ0) is 24.1. The van der Waals surface area contributed by atoms with Crippen LogP contribution in [0.1, 0.15) is 70.9 Å². The Labute approximate surface area is 199 Å². The van der Waals surface area contributed by atoms with Crippen LogP contribution in [0.2, 0.25) is 0 Å². The van der Waals surface area contributed by atoms with Crippen molar-refractivity contribution in [3.63, 3.8) is 0 Å². The maximum atomic E-state index is 12.4. The Morgan fingerprint density at radius 1 is 0.970 bits per heavy atom. The summed E-state index contributed by atoms with van der Waals surface area (Å²) in [5, 5.41) is 3.08. The third-order valence-corrected chi connectivity index (χ3v) is 5.33. The summed E-state index contributed by atoms with van der Waals surface area (Å²) >= 11 is 0. The zero-order valence-electron chi connectivity index (χ0n) is 21.0. The predicted molar refractivity (Wildman–Crippen MR) is 134 cm³/mol. The SMILES string of the molecule is CCCCCCC(Cc1ccc(OC)c(OCCc2ccccc2)c1)NC(=O)OC(C)(C)C. The molecule has 1 atom stereocenters. The highest BCUT2D eigenvalue weighted by molar-refractivity contribution is 5.68. The van der Waals surface area contributed by atoms with E-state index >= 15 is 0 Å². The number of amides is 1. The highest BCUT2D eigenvalue weighted by atomic mass is 16.6. The molecule has 0 saturated carbocycles. The van der Waals surface area contributed by atoms with Gasteiger partial charge in [0.25, 0.3) is 0 Å². The molecule has 2 aromatic rings. The largest absolute Gasteiger partial charge is 0.493 e. The van der Waals surface area contributed by atoms with Crippen molar-refractivity contribution >= 4 is 6.09 Å². The Balaban J connectivity index is 2.04. The van der Waals surface area contributed by atoms with Crippen molar-refractivity contribution in [2.24, 2.45) is 0 Å². The van der Waals surface area contributed by atoms with Crippen molar-refractivity contribution in [2.75, 3.05) is 13.7 Å². The van der Waals surface area contributed by atoms with Crippen LogP contribution in [-0.2, 0) is 17.6 Å². The van der Waals surface area contributed by atoms with Gasteiger partial charge in [-0.3, -0.25) is 0 Å². The summed E-state index contributed by atoms with van der Waals surface area (Å²) in [6.07, 6.45) is 6.72. The van der Waals surface area contributed by atoms with Crippen LogP contribution in [0.25, 0.3) is 0 Å². The van der Waals surface area contributed by atoms with Crippen molar-refractivity contribution in [3.8, 4) is 11.5 Å². The minimum absolute atomic E-state index is 0.00210. The van der Waals surface area contributed by atoms with Gasteiger partial charge in [0.15, 0.2) is 11.5 Å². The lowest BCUT2D eigenvalue weighted by Crippen LogP contribution is -2.40. The average molecular weight is 456 g/mol. The van der Waals surface area contributed by atoms with E-state index < -0.39 is 5.60 Å². The lowest BCUT2D eigenvalue weighted by atomic mass is 9.99. The van der Waals surface area contributed by atoms with Crippen LogP contribution in [0, 0.1) is 0 Å². The Bertz CT molecular complexity index is 830. The molecule has 2 rings (SSSR count). The van der Waals surface area contributed by atoms with Crippen molar-refractivity contribution in [1.82, 2.24) is 5.32 Å². The molecule has 0 aliphatic heterocycles. The van der Waals surface area contributed by atoms with Crippen molar-refractivity contribution in [3.05, 3.63) is 59.7 Å². The number of hydrogen-bond acceptors (Lipinski definition) is 4. The Hall–Kier alpha value is -2.69. The lowest BCUT2D eigenvalue weighted by molar-refractivity contribution is 0.0501. The molecule has 182 valence electrons. The molecular weight excluding hydrogens is 414 g/mol. The number of ether oxygens (including phenoxy) is 3. The van der Waals surface area contributed by atoms with Crippen LogP contribution >= 0.6 is 0 Å². The number of rotatable bonds is 13. The first kappa shape index (κ1) is 26.6. The van der Waals surface area contributed by atoms with E-state index in [1.807, 2.05) is 57.2 Å². The van der Waals surface area contributed by atoms with E-state index in [0.717, 1.165) is 30.6 Å². The molecule has 0 radical (unpaired) electrons. The van der Waals surface area contributed by atoms with Gasteiger partial charge in [0.2, 0.25) is 0 Å². The lowest BCUT2D eigenvalue weighted by Gasteiger charge is -2.24. The van der Waals surface area contributed by atoms with E-state index in [9.17, 15) is 4.79 Å². The fourth-order valence-corrected chi connectivity index (χ4v) is 3.69. The van der Waals surface area contributed by atoms with Gasteiger partial charge in [-0.1, -0.05) is 69.0 Å². The van der Waals surface area contributed by atoms with Gasteiger partial charge in [0.05, 0.1) is 13.7 Å². The van der Waals surface area contributed by atoms with Crippen LogP contribution < -0.4 is 14.8 Å². The highest BCUT2D eigenvalue weighted by Gasteiger charge is 2.20. The number of carbonyl (C=O) groups excluding carboxylic acids is 1. The monoisotopic (exact) mass is 455 g/mol. The van der Waals surface area contributed by atoms with E-state index in [4.69, 9.17) is 14.2 Å². The molecule has 0 heterocycles. The summed E-state index contributed by atoms with van der Waals surface area (Å²) in [6, 6.07) is 16.3. The van der Waals surface area contributed by atoms with Gasteiger partial charge >= 0.3 is 6.09 Å². The fraction of sp³-hybridized carbons (Fsp3) is 0.536. The van der Waals surface area contributed by atoms with E-state index in [-0.39, 0.29) is 12.1 Å². The first-order chi connectivity index (χ1) is 15.8. The molecule has 1 unspecified atom stereocenters. The van der Waals surface area contributed by atoms with Crippen LogP contribution in [-0.4, -0.2) is 31.5 Å². The molecule has 1 N–H and O–H groups in total. The van der Waals surface area contributed by atoms with Gasteiger partial charge in [0.1, 0.15) is 5.60 Å². The third kappa shape index (κ3) is 10.6. The second-order valence-electron chi connectivity index (χ2n) is 9.47. The molecule has 0 spiro atoms. The minimum Gasteiger partial charge on any atom is -0.493 e. The Kier molecular flexibility index (Phi) is 11.1. The molecule has 1 amide bonds. The standard InChI is InChI=1S/C28H41NO4/c1-6-7-8-12-15-24(29-27(30)33-28(2,3)4)20-23-16-17-25(31-5)26(21-23)32-19-18-22-13-10-9-11-14-22/h9-11,13-14,16-17,21,24H,6-8,12,15,18-20H2,1-5H3,(H,29,30). The predicted octanol–water partition coefficient (Wildman–Crippen LogP) is 6.72. The molecule has 0 aromatic heterocycles. The Morgan fingerprint density at radius 2 is 1.73 bits per heavy atom. The maximum Gasteiger partial charge on any atom is 0.407 e. The maximum absolute atomic E-state index is 12.4. The highest BCUT2D eigenvalue weighted by Crippen LogP contribution is 2.29. The van der Waals surface area contributed by atoms with Gasteiger partial charge < -0.3 is 19.5 Å². The second-order valence-corrected chi connectivity index (χ2v) is 9.47. The number of benzene rings is 2. The zero-order valence-corrected chi connectivity index (χ0v) is 21.0. The van der Waals surface area contributed by atoms with Gasteiger partial charge in [-0.15, -0.1) is 0 Å². The van der Waals surface area contributed by atoms with E-state index in [2.05, 4.69) is 24.4 Å². The van der Waals surface area contributed by atoms with Gasteiger partial charge in [-0.25, -0.2) is 4.79 Å². The number of nitrogens with one attached hydrogen (secondary N) is 1. The van der Waals surface area contributed by atoms with E-state index in [1.54, 1.807) is 7.11 Å². The number of alkyl carbamates (subject to hydrolysis) is 1. The number of unbranched alkanes of at least 4 members (excludes halogenated alkanes) is 3. The van der Waals surface area contributed by atoms with E-state index in [0.29, 0.717) is 18.8 Å². The number of hydrogen-bond donors (Lipinski definition) is 1. The molecule has 0 aliphatic rings. The quantitative estimate of drug-likeness (QED) is 0.341. The first-order valence-corrected chi connectivity index (χ1v) is 12.1. The van der Waals surface area contributed by atoms with Gasteiger partial charge in [-0.05, 0) is 56.9 Å². The smallest absolute Gasteiger partial charge is 0.407 e. The summed E-state index contributed by atoms with van der Waals surface area (Å²) in [4.78, 5) is 12.4. The van der Waals surface area contributed by atoms with Crippen molar-refractivity contribution < 1.29 is 19.0 Å². The van der Waals surface area contributed by atoms with E-state index in [1.165, 1.54) is 24.8 Å². The average Bonchev–Trinajstić information content (AvgIpc) is 2.76. The molecular formula is C28H41NO4. The molecule has 2 aromatic carbocycles. The second kappa shape index (κ2) is 13.8. The summed E-state index contributed by atoms with van der Waals surface area (Å²) in [5.74, 6) is 1.44. The molecule has 33 heavy (non-hydrogen) atoms. The first-order valence-electron chi connectivity index (χ1n) is 12.1. The summed E-state index contributed by atoms with van der Waals surface area (Å²) in [7, 11) is 1.65. The molecule has 5 nitrogen and oxygen atoms in total. The minimum atomic E-state index is -0.517. The molecule has 0 aliphatic carbocycles.